The summed E-state index contributed by atoms with van der Waals surface area (Å²) in [6, 6.07) is 5.93. The van der Waals surface area contributed by atoms with Gasteiger partial charge in [-0.2, -0.15) is 11.8 Å². The molecule has 0 saturated carbocycles. The second-order valence-corrected chi connectivity index (χ2v) is 6.59. The van der Waals surface area contributed by atoms with E-state index < -0.39 is 0 Å². The van der Waals surface area contributed by atoms with Gasteiger partial charge in [0.05, 0.1) is 0 Å². The second-order valence-electron chi connectivity index (χ2n) is 5.51. The summed E-state index contributed by atoms with van der Waals surface area (Å²) >= 11 is 1.90. The Morgan fingerprint density at radius 2 is 2.05 bits per heavy atom. The molecule has 2 aliphatic rings. The molecule has 1 fully saturated rings. The fourth-order valence-corrected chi connectivity index (χ4v) is 3.38. The van der Waals surface area contributed by atoms with Crippen molar-refractivity contribution in [1.29, 1.82) is 0 Å². The van der Waals surface area contributed by atoms with Gasteiger partial charge in [0.1, 0.15) is 0 Å². The lowest BCUT2D eigenvalue weighted by Gasteiger charge is -2.23. The first-order valence-corrected chi connectivity index (χ1v) is 8.02. The van der Waals surface area contributed by atoms with Crippen LogP contribution in [-0.2, 0) is 22.7 Å². The minimum absolute atomic E-state index is 0.0919. The smallest absolute Gasteiger partial charge is 0.224 e. The molecule has 0 aliphatic carbocycles. The molecule has 2 amide bonds. The number of amides is 2. The summed E-state index contributed by atoms with van der Waals surface area (Å²) in [5, 5.41) is 2.96. The van der Waals surface area contributed by atoms with E-state index in [1.807, 2.05) is 34.9 Å². The molecule has 0 atom stereocenters. The van der Waals surface area contributed by atoms with Crippen LogP contribution in [0.1, 0.15) is 24.5 Å². The zero-order valence-corrected chi connectivity index (χ0v) is 12.3. The number of hydrogen-bond donors (Lipinski definition) is 1. The molecule has 1 saturated heterocycles. The predicted molar refractivity (Wildman–Crippen MR) is 80.4 cm³/mol. The van der Waals surface area contributed by atoms with Crippen LogP contribution in [0.15, 0.2) is 18.2 Å². The van der Waals surface area contributed by atoms with Crippen molar-refractivity contribution in [2.45, 2.75) is 26.4 Å². The van der Waals surface area contributed by atoms with Crippen LogP contribution in [0.4, 0.5) is 5.69 Å². The van der Waals surface area contributed by atoms with E-state index in [1.165, 1.54) is 5.56 Å². The van der Waals surface area contributed by atoms with Crippen LogP contribution in [0.2, 0.25) is 0 Å². The molecule has 2 aliphatic heterocycles. The van der Waals surface area contributed by atoms with E-state index in [9.17, 15) is 9.59 Å². The van der Waals surface area contributed by atoms with E-state index in [1.54, 1.807) is 6.92 Å². The number of thioether (sulfide) groups is 1. The summed E-state index contributed by atoms with van der Waals surface area (Å²) in [6.45, 7) is 2.91. The molecule has 2 heterocycles. The molecule has 106 valence electrons. The Morgan fingerprint density at radius 1 is 1.30 bits per heavy atom. The second kappa shape index (κ2) is 5.48. The lowest BCUT2D eigenvalue weighted by molar-refractivity contribution is -0.129. The van der Waals surface area contributed by atoms with Crippen molar-refractivity contribution in [3.63, 3.8) is 0 Å². The third-order valence-electron chi connectivity index (χ3n) is 3.84. The highest BCUT2D eigenvalue weighted by Crippen LogP contribution is 2.28. The van der Waals surface area contributed by atoms with E-state index >= 15 is 0 Å². The Labute approximate surface area is 122 Å². The Morgan fingerprint density at radius 3 is 2.70 bits per heavy atom. The molecule has 1 N–H and O–H groups in total. The number of benzene rings is 1. The van der Waals surface area contributed by atoms with Crippen molar-refractivity contribution in [2.24, 2.45) is 5.92 Å². The number of carbonyl (C=O) groups is 2. The maximum absolute atomic E-state index is 11.9. The first-order valence-electron chi connectivity index (χ1n) is 6.87. The number of nitrogens with one attached hydrogen (secondary N) is 1. The minimum Gasteiger partial charge on any atom is -0.334 e. The van der Waals surface area contributed by atoms with Crippen LogP contribution in [0.3, 0.4) is 0 Å². The SMILES string of the molecule is CC(=O)N1Cc2ccc(NC(=O)CC3CSC3)cc2C1. The van der Waals surface area contributed by atoms with Crippen molar-refractivity contribution in [3.05, 3.63) is 29.3 Å². The number of rotatable bonds is 3. The van der Waals surface area contributed by atoms with Crippen LogP contribution >= 0.6 is 11.8 Å². The monoisotopic (exact) mass is 290 g/mol. The zero-order valence-electron chi connectivity index (χ0n) is 11.5. The molecule has 1 aromatic rings. The standard InChI is InChI=1S/C15H18N2O2S/c1-10(18)17-6-12-2-3-14(5-13(12)7-17)16-15(19)4-11-8-20-9-11/h2-3,5,11H,4,6-9H2,1H3,(H,16,19). The summed E-state index contributed by atoms with van der Waals surface area (Å²) in [4.78, 5) is 25.1. The number of fused-ring (bicyclic) bond motifs is 1. The number of hydrogen-bond acceptors (Lipinski definition) is 3. The van der Waals surface area contributed by atoms with Gasteiger partial charge in [0, 0.05) is 32.1 Å². The average Bonchev–Trinajstić information content (AvgIpc) is 2.77. The number of nitrogens with zero attached hydrogens (tertiary/aromatic N) is 1. The molecule has 0 bridgehead atoms. The zero-order chi connectivity index (χ0) is 14.1. The third-order valence-corrected chi connectivity index (χ3v) is 5.25. The maximum Gasteiger partial charge on any atom is 0.224 e. The Kier molecular flexibility index (Phi) is 3.70. The van der Waals surface area contributed by atoms with Crippen molar-refractivity contribution in [3.8, 4) is 0 Å². The molecule has 3 rings (SSSR count). The lowest BCUT2D eigenvalue weighted by Crippen LogP contribution is -2.25. The van der Waals surface area contributed by atoms with Crippen LogP contribution in [0, 0.1) is 5.92 Å². The molecule has 1 aromatic carbocycles. The van der Waals surface area contributed by atoms with Crippen LogP contribution in [0.25, 0.3) is 0 Å². The van der Waals surface area contributed by atoms with Gasteiger partial charge in [-0.1, -0.05) is 6.07 Å². The third kappa shape index (κ3) is 2.82. The van der Waals surface area contributed by atoms with Gasteiger partial charge in [-0.15, -0.1) is 0 Å². The van der Waals surface area contributed by atoms with Gasteiger partial charge in [-0.05, 0) is 40.7 Å². The molecule has 5 heteroatoms. The van der Waals surface area contributed by atoms with Crippen molar-refractivity contribution < 1.29 is 9.59 Å². The van der Waals surface area contributed by atoms with Crippen molar-refractivity contribution >= 4 is 29.3 Å². The molecule has 0 aromatic heterocycles. The fourth-order valence-electron chi connectivity index (χ4n) is 2.57. The lowest BCUT2D eigenvalue weighted by atomic mass is 10.1. The van der Waals surface area contributed by atoms with Crippen LogP contribution < -0.4 is 5.32 Å². The molecular formula is C15H18N2O2S. The first kappa shape index (κ1) is 13.5. The summed E-state index contributed by atoms with van der Waals surface area (Å²) in [5.74, 6) is 2.93. The topological polar surface area (TPSA) is 49.4 Å². The Hall–Kier alpha value is -1.49. The van der Waals surface area contributed by atoms with Gasteiger partial charge < -0.3 is 10.2 Å². The van der Waals surface area contributed by atoms with Gasteiger partial charge in [0.15, 0.2) is 0 Å². The summed E-state index contributed by atoms with van der Waals surface area (Å²) in [5.41, 5.74) is 3.15. The van der Waals surface area contributed by atoms with E-state index in [-0.39, 0.29) is 11.8 Å². The average molecular weight is 290 g/mol. The first-order chi connectivity index (χ1) is 9.61. The number of anilines is 1. The Bertz CT molecular complexity index is 555. The number of carbonyl (C=O) groups excluding carboxylic acids is 2. The molecule has 0 spiro atoms. The highest BCUT2D eigenvalue weighted by Gasteiger charge is 2.23. The minimum atomic E-state index is 0.0919. The van der Waals surface area contributed by atoms with E-state index in [0.29, 0.717) is 25.4 Å². The normalized spacial score (nSPS) is 17.6. The van der Waals surface area contributed by atoms with E-state index in [0.717, 1.165) is 22.8 Å². The predicted octanol–water partition coefficient (Wildman–Crippen LogP) is 2.24. The van der Waals surface area contributed by atoms with Crippen LogP contribution in [-0.4, -0.2) is 28.2 Å². The van der Waals surface area contributed by atoms with Gasteiger partial charge >= 0.3 is 0 Å². The molecule has 0 radical (unpaired) electrons. The van der Waals surface area contributed by atoms with Gasteiger partial charge in [-0.25, -0.2) is 0 Å². The van der Waals surface area contributed by atoms with Gasteiger partial charge in [0.2, 0.25) is 11.8 Å². The molecule has 0 unspecified atom stereocenters. The van der Waals surface area contributed by atoms with E-state index in [4.69, 9.17) is 0 Å². The highest BCUT2D eigenvalue weighted by atomic mass is 32.2. The molecule has 4 nitrogen and oxygen atoms in total. The van der Waals surface area contributed by atoms with E-state index in [2.05, 4.69) is 5.32 Å². The van der Waals surface area contributed by atoms with Crippen molar-refractivity contribution in [1.82, 2.24) is 4.90 Å². The van der Waals surface area contributed by atoms with Gasteiger partial charge in [-0.3, -0.25) is 9.59 Å². The maximum atomic E-state index is 11.9. The molecule has 20 heavy (non-hydrogen) atoms. The van der Waals surface area contributed by atoms with Crippen LogP contribution in [0.5, 0.6) is 0 Å². The molecular weight excluding hydrogens is 272 g/mol. The largest absolute Gasteiger partial charge is 0.334 e. The summed E-state index contributed by atoms with van der Waals surface area (Å²) in [6.07, 6.45) is 0.615. The van der Waals surface area contributed by atoms with Gasteiger partial charge in [0.25, 0.3) is 0 Å². The highest BCUT2D eigenvalue weighted by molar-refractivity contribution is 8.00. The Balaban J connectivity index is 1.63. The quantitative estimate of drug-likeness (QED) is 0.929. The fraction of sp³-hybridized carbons (Fsp3) is 0.467. The summed E-state index contributed by atoms with van der Waals surface area (Å²) in [7, 11) is 0. The summed E-state index contributed by atoms with van der Waals surface area (Å²) < 4.78 is 0. The van der Waals surface area contributed by atoms with Crippen molar-refractivity contribution in [2.75, 3.05) is 16.8 Å².